The Kier molecular flexibility index (Phi) is 4.15. The molecule has 1 rings (SSSR count). The van der Waals surface area contributed by atoms with Crippen molar-refractivity contribution < 1.29 is 14.7 Å². The number of carbonyl (C=O) groups is 2. The molecule has 0 aromatic carbocycles. The molecule has 1 saturated heterocycles. The first-order valence-electron chi connectivity index (χ1n) is 5.75. The van der Waals surface area contributed by atoms with Crippen molar-refractivity contribution >= 4 is 12.0 Å². The number of carboxylic acids is 1. The maximum Gasteiger partial charge on any atom is 0.320 e. The first-order chi connectivity index (χ1) is 7.47. The smallest absolute Gasteiger partial charge is 0.320 e. The Labute approximate surface area is 96.0 Å². The van der Waals surface area contributed by atoms with Crippen LogP contribution in [0.4, 0.5) is 4.79 Å². The highest BCUT2D eigenvalue weighted by molar-refractivity contribution is 5.80. The summed E-state index contributed by atoms with van der Waals surface area (Å²) in [7, 11) is 0. The Morgan fingerprint density at radius 1 is 1.44 bits per heavy atom. The molecule has 5 nitrogen and oxygen atoms in total. The quantitative estimate of drug-likeness (QED) is 0.787. The summed E-state index contributed by atoms with van der Waals surface area (Å²) in [5.41, 5.74) is 0. The molecule has 0 aliphatic carbocycles. The molecule has 92 valence electrons. The highest BCUT2D eigenvalue weighted by atomic mass is 16.4. The number of rotatable bonds is 4. The minimum absolute atomic E-state index is 0.0330. The normalized spacial score (nSPS) is 16.1. The zero-order valence-electron chi connectivity index (χ0n) is 10.1. The van der Waals surface area contributed by atoms with E-state index in [-0.39, 0.29) is 18.0 Å². The van der Waals surface area contributed by atoms with Gasteiger partial charge in [0.25, 0.3) is 0 Å². The van der Waals surface area contributed by atoms with Crippen molar-refractivity contribution in [2.24, 2.45) is 5.92 Å². The highest BCUT2D eigenvalue weighted by Gasteiger charge is 2.37. The van der Waals surface area contributed by atoms with Crippen LogP contribution in [0.1, 0.15) is 27.2 Å². The second kappa shape index (κ2) is 5.18. The summed E-state index contributed by atoms with van der Waals surface area (Å²) in [5.74, 6) is -1.18. The average Bonchev–Trinajstić information content (AvgIpc) is 2.10. The standard InChI is InChI=1S/C11H20N2O3/c1-4-5-13(8(2)3)11(16)12-6-9(7-12)10(14)15/h8-9H,4-7H2,1-3H3,(H,14,15). The van der Waals surface area contributed by atoms with Gasteiger partial charge < -0.3 is 14.9 Å². The van der Waals surface area contributed by atoms with Crippen LogP contribution in [-0.4, -0.2) is 52.6 Å². The van der Waals surface area contributed by atoms with Gasteiger partial charge in [-0.1, -0.05) is 6.92 Å². The van der Waals surface area contributed by atoms with Gasteiger partial charge in [-0.25, -0.2) is 4.79 Å². The molecule has 0 bridgehead atoms. The van der Waals surface area contributed by atoms with Gasteiger partial charge in [0.2, 0.25) is 0 Å². The largest absolute Gasteiger partial charge is 0.481 e. The number of carbonyl (C=O) groups excluding carboxylic acids is 1. The number of aliphatic carboxylic acids is 1. The van der Waals surface area contributed by atoms with Gasteiger partial charge in [0, 0.05) is 25.7 Å². The van der Waals surface area contributed by atoms with Crippen LogP contribution in [0.3, 0.4) is 0 Å². The zero-order chi connectivity index (χ0) is 12.3. The Balaban J connectivity index is 2.48. The Hall–Kier alpha value is -1.26. The van der Waals surface area contributed by atoms with Crippen molar-refractivity contribution in [2.45, 2.75) is 33.2 Å². The summed E-state index contributed by atoms with van der Waals surface area (Å²) in [6.45, 7) is 7.40. The van der Waals surface area contributed by atoms with Crippen molar-refractivity contribution in [3.05, 3.63) is 0 Å². The van der Waals surface area contributed by atoms with Crippen molar-refractivity contribution in [2.75, 3.05) is 19.6 Å². The predicted molar refractivity (Wildman–Crippen MR) is 60.2 cm³/mol. The second-order valence-electron chi connectivity index (χ2n) is 4.51. The van der Waals surface area contributed by atoms with Gasteiger partial charge in [-0.2, -0.15) is 0 Å². The van der Waals surface area contributed by atoms with Crippen LogP contribution in [0, 0.1) is 5.92 Å². The number of hydrogen-bond donors (Lipinski definition) is 1. The van der Waals surface area contributed by atoms with Crippen LogP contribution in [-0.2, 0) is 4.79 Å². The van der Waals surface area contributed by atoms with E-state index in [0.717, 1.165) is 13.0 Å². The van der Waals surface area contributed by atoms with Gasteiger partial charge in [-0.3, -0.25) is 4.79 Å². The van der Waals surface area contributed by atoms with Gasteiger partial charge in [0.15, 0.2) is 0 Å². The molecule has 1 aliphatic rings. The average molecular weight is 228 g/mol. The van der Waals surface area contributed by atoms with Crippen LogP contribution in [0.5, 0.6) is 0 Å². The van der Waals surface area contributed by atoms with E-state index in [9.17, 15) is 9.59 Å². The maximum atomic E-state index is 12.0. The third kappa shape index (κ3) is 2.65. The summed E-state index contributed by atoms with van der Waals surface area (Å²) in [6, 6.07) is 0.130. The minimum atomic E-state index is -0.810. The molecule has 0 atom stereocenters. The fourth-order valence-electron chi connectivity index (χ4n) is 1.79. The molecule has 0 radical (unpaired) electrons. The van der Waals surface area contributed by atoms with E-state index in [0.29, 0.717) is 13.1 Å². The molecule has 0 unspecified atom stereocenters. The van der Waals surface area contributed by atoms with Crippen LogP contribution in [0.15, 0.2) is 0 Å². The number of likely N-dealkylation sites (tertiary alicyclic amines) is 1. The monoisotopic (exact) mass is 228 g/mol. The van der Waals surface area contributed by atoms with Crippen molar-refractivity contribution in [3.63, 3.8) is 0 Å². The Morgan fingerprint density at radius 2 is 2.00 bits per heavy atom. The summed E-state index contributed by atoms with van der Waals surface area (Å²) < 4.78 is 0. The van der Waals surface area contributed by atoms with Crippen molar-refractivity contribution in [3.8, 4) is 0 Å². The maximum absolute atomic E-state index is 12.0. The fourth-order valence-corrected chi connectivity index (χ4v) is 1.79. The fraction of sp³-hybridized carbons (Fsp3) is 0.818. The van der Waals surface area contributed by atoms with Crippen LogP contribution < -0.4 is 0 Å². The van der Waals surface area contributed by atoms with E-state index in [1.807, 2.05) is 20.8 Å². The molecule has 1 heterocycles. The van der Waals surface area contributed by atoms with Gasteiger partial charge in [0.1, 0.15) is 0 Å². The lowest BCUT2D eigenvalue weighted by molar-refractivity contribution is -0.146. The molecule has 0 aromatic rings. The molecule has 5 heteroatoms. The molecular formula is C11H20N2O3. The lowest BCUT2D eigenvalue weighted by atomic mass is 10.0. The van der Waals surface area contributed by atoms with E-state index in [1.165, 1.54) is 0 Å². The summed E-state index contributed by atoms with van der Waals surface area (Å²) in [5, 5.41) is 8.73. The van der Waals surface area contributed by atoms with E-state index in [2.05, 4.69) is 0 Å². The topological polar surface area (TPSA) is 60.9 Å². The van der Waals surface area contributed by atoms with E-state index >= 15 is 0 Å². The summed E-state index contributed by atoms with van der Waals surface area (Å²) in [6.07, 6.45) is 0.917. The van der Waals surface area contributed by atoms with Gasteiger partial charge >= 0.3 is 12.0 Å². The van der Waals surface area contributed by atoms with Crippen molar-refractivity contribution in [1.82, 2.24) is 9.80 Å². The van der Waals surface area contributed by atoms with E-state index in [1.54, 1.807) is 9.80 Å². The number of urea groups is 1. The third-order valence-corrected chi connectivity index (χ3v) is 2.83. The molecule has 2 amide bonds. The Bertz CT molecular complexity index is 272. The van der Waals surface area contributed by atoms with Gasteiger partial charge in [-0.05, 0) is 20.3 Å². The van der Waals surface area contributed by atoms with Crippen LogP contribution >= 0.6 is 0 Å². The number of amides is 2. The van der Waals surface area contributed by atoms with Gasteiger partial charge in [-0.15, -0.1) is 0 Å². The lowest BCUT2D eigenvalue weighted by Gasteiger charge is -2.41. The van der Waals surface area contributed by atoms with Crippen LogP contribution in [0.2, 0.25) is 0 Å². The molecule has 1 aliphatic heterocycles. The number of nitrogens with zero attached hydrogens (tertiary/aromatic N) is 2. The predicted octanol–water partition coefficient (Wildman–Crippen LogP) is 1.24. The second-order valence-corrected chi connectivity index (χ2v) is 4.51. The number of carboxylic acid groups (broad SMARTS) is 1. The molecule has 0 spiro atoms. The minimum Gasteiger partial charge on any atom is -0.481 e. The Morgan fingerprint density at radius 3 is 2.38 bits per heavy atom. The first kappa shape index (κ1) is 12.8. The van der Waals surface area contributed by atoms with Crippen LogP contribution in [0.25, 0.3) is 0 Å². The third-order valence-electron chi connectivity index (χ3n) is 2.83. The van der Waals surface area contributed by atoms with Gasteiger partial charge in [0.05, 0.1) is 5.92 Å². The van der Waals surface area contributed by atoms with E-state index < -0.39 is 5.97 Å². The molecule has 0 aromatic heterocycles. The van der Waals surface area contributed by atoms with Crippen molar-refractivity contribution in [1.29, 1.82) is 0 Å². The van der Waals surface area contributed by atoms with E-state index in [4.69, 9.17) is 5.11 Å². The molecule has 0 saturated carbocycles. The lowest BCUT2D eigenvalue weighted by Crippen LogP contribution is -2.58. The highest BCUT2D eigenvalue weighted by Crippen LogP contribution is 2.18. The first-order valence-corrected chi connectivity index (χ1v) is 5.75. The molecule has 16 heavy (non-hydrogen) atoms. The zero-order valence-corrected chi connectivity index (χ0v) is 10.1. The molecule has 1 fully saturated rings. The summed E-state index contributed by atoms with van der Waals surface area (Å²) >= 11 is 0. The summed E-state index contributed by atoms with van der Waals surface area (Å²) in [4.78, 5) is 26.0. The SMILES string of the molecule is CCCN(C(=O)N1CC(C(=O)O)C1)C(C)C. The molecular weight excluding hydrogens is 208 g/mol. The number of hydrogen-bond acceptors (Lipinski definition) is 2. The molecule has 1 N–H and O–H groups in total.